The van der Waals surface area contributed by atoms with Crippen LogP contribution < -0.4 is 4.74 Å². The molecule has 0 unspecified atom stereocenters. The van der Waals surface area contributed by atoms with Crippen LogP contribution in [-0.2, 0) is 5.41 Å². The van der Waals surface area contributed by atoms with Crippen molar-refractivity contribution >= 4 is 5.78 Å². The molecule has 0 heterocycles. The van der Waals surface area contributed by atoms with Crippen LogP contribution in [0.5, 0.6) is 5.75 Å². The second kappa shape index (κ2) is 9.55. The van der Waals surface area contributed by atoms with Crippen LogP contribution >= 0.6 is 0 Å². The number of carbonyl (C=O) groups is 1. The van der Waals surface area contributed by atoms with Crippen LogP contribution in [0.15, 0.2) is 140 Å². The van der Waals surface area contributed by atoms with Gasteiger partial charge >= 0.3 is 0 Å². The zero-order chi connectivity index (χ0) is 25.2. The van der Waals surface area contributed by atoms with Gasteiger partial charge in [-0.15, -0.1) is 0 Å². The van der Waals surface area contributed by atoms with E-state index < -0.39 is 5.41 Å². The van der Waals surface area contributed by atoms with Crippen molar-refractivity contribution in [1.29, 1.82) is 0 Å². The molecule has 0 saturated heterocycles. The van der Waals surface area contributed by atoms with Crippen LogP contribution in [0.2, 0.25) is 0 Å². The monoisotopic (exact) mass is 480 g/mol. The summed E-state index contributed by atoms with van der Waals surface area (Å²) in [5, 5.41) is 0. The average molecular weight is 481 g/mol. The number of hydrogen-bond acceptors (Lipinski definition) is 2. The fraction of sp³-hybridized carbons (Fsp3) is 0.114. The molecule has 37 heavy (non-hydrogen) atoms. The molecule has 0 fully saturated rings. The van der Waals surface area contributed by atoms with Crippen LogP contribution in [0.4, 0.5) is 0 Å². The molecule has 0 radical (unpaired) electrons. The molecule has 180 valence electrons. The van der Waals surface area contributed by atoms with Gasteiger partial charge in [-0.2, -0.15) is 0 Å². The van der Waals surface area contributed by atoms with Crippen molar-refractivity contribution in [2.75, 3.05) is 7.11 Å². The average Bonchev–Trinajstić information content (AvgIpc) is 3.30. The molecular formula is C35H28O2. The van der Waals surface area contributed by atoms with Gasteiger partial charge < -0.3 is 4.74 Å². The van der Waals surface area contributed by atoms with E-state index in [0.29, 0.717) is 0 Å². The molecule has 0 spiro atoms. The highest BCUT2D eigenvalue weighted by Gasteiger charge is 2.56. The summed E-state index contributed by atoms with van der Waals surface area (Å²) in [6, 6.07) is 47.8. The van der Waals surface area contributed by atoms with Gasteiger partial charge in [0.1, 0.15) is 5.75 Å². The van der Waals surface area contributed by atoms with Crippen molar-refractivity contribution in [1.82, 2.24) is 0 Å². The Balaban J connectivity index is 1.71. The Hall–Kier alpha value is -4.43. The third-order valence-electron chi connectivity index (χ3n) is 7.79. The molecule has 6 rings (SSSR count). The number of fused-ring (bicyclic) bond motifs is 1. The normalized spacial score (nSPS) is 17.6. The summed E-state index contributed by atoms with van der Waals surface area (Å²) in [7, 11) is 1.68. The number of hydrogen-bond donors (Lipinski definition) is 0. The standard InChI is InChI=1S/C35H28O2/c1-37-29-23-21-25(22-24-29)33-32(34(36)26-13-5-2-6-14-26)30-19-11-12-20-31(30)35(33,27-15-7-3-8-16-27)28-17-9-4-10-18-28/h2-24,32-33H,1H3/t32-,33+/m0/s1. The van der Waals surface area contributed by atoms with Gasteiger partial charge in [-0.25, -0.2) is 0 Å². The van der Waals surface area contributed by atoms with Crippen molar-refractivity contribution in [2.24, 2.45) is 0 Å². The summed E-state index contributed by atoms with van der Waals surface area (Å²) in [5.74, 6) is 0.429. The van der Waals surface area contributed by atoms with Crippen LogP contribution in [0.1, 0.15) is 50.0 Å². The van der Waals surface area contributed by atoms with E-state index in [0.717, 1.165) is 22.4 Å². The topological polar surface area (TPSA) is 26.3 Å². The van der Waals surface area contributed by atoms with Gasteiger partial charge in [0, 0.05) is 11.5 Å². The first-order valence-electron chi connectivity index (χ1n) is 12.7. The summed E-state index contributed by atoms with van der Waals surface area (Å²) in [5.41, 5.74) is 5.92. The smallest absolute Gasteiger partial charge is 0.170 e. The highest BCUT2D eigenvalue weighted by molar-refractivity contribution is 6.03. The molecule has 1 aliphatic carbocycles. The number of rotatable bonds is 6. The lowest BCUT2D eigenvalue weighted by molar-refractivity contribution is 0.0945. The molecule has 1 aliphatic rings. The Morgan fingerprint density at radius 1 is 0.622 bits per heavy atom. The van der Waals surface area contributed by atoms with Crippen molar-refractivity contribution in [2.45, 2.75) is 17.3 Å². The highest BCUT2D eigenvalue weighted by Crippen LogP contribution is 2.62. The van der Waals surface area contributed by atoms with Gasteiger partial charge in [0.2, 0.25) is 0 Å². The summed E-state index contributed by atoms with van der Waals surface area (Å²) >= 11 is 0. The molecule has 0 amide bonds. The maximum absolute atomic E-state index is 14.4. The third kappa shape index (κ3) is 3.68. The number of methoxy groups -OCH3 is 1. The van der Waals surface area contributed by atoms with E-state index in [9.17, 15) is 4.79 Å². The molecule has 2 heteroatoms. The maximum atomic E-state index is 14.4. The molecule has 0 aliphatic heterocycles. The zero-order valence-electron chi connectivity index (χ0n) is 20.8. The molecule has 2 atom stereocenters. The molecular weight excluding hydrogens is 452 g/mol. The van der Waals surface area contributed by atoms with Gasteiger partial charge in [-0.3, -0.25) is 4.79 Å². The van der Waals surface area contributed by atoms with Crippen molar-refractivity contribution in [3.63, 3.8) is 0 Å². The van der Waals surface area contributed by atoms with E-state index in [-0.39, 0.29) is 17.6 Å². The van der Waals surface area contributed by atoms with E-state index in [1.165, 1.54) is 16.7 Å². The Labute approximate surface area is 218 Å². The number of ketones is 1. The Kier molecular flexibility index (Phi) is 5.94. The minimum absolute atomic E-state index is 0.141. The fourth-order valence-electron chi connectivity index (χ4n) is 6.29. The predicted molar refractivity (Wildman–Crippen MR) is 148 cm³/mol. The van der Waals surface area contributed by atoms with Crippen LogP contribution in [0.3, 0.4) is 0 Å². The minimum Gasteiger partial charge on any atom is -0.497 e. The Bertz CT molecular complexity index is 1470. The number of Topliss-reactive ketones (excluding diaryl/α,β-unsaturated/α-hetero) is 1. The van der Waals surface area contributed by atoms with Crippen molar-refractivity contribution in [3.05, 3.63) is 173 Å². The first-order valence-corrected chi connectivity index (χ1v) is 12.7. The lowest BCUT2D eigenvalue weighted by Gasteiger charge is -2.40. The van der Waals surface area contributed by atoms with E-state index in [1.807, 2.05) is 42.5 Å². The van der Waals surface area contributed by atoms with Gasteiger partial charge in [-0.05, 0) is 39.9 Å². The van der Waals surface area contributed by atoms with E-state index in [2.05, 4.69) is 97.1 Å². The van der Waals surface area contributed by atoms with Crippen LogP contribution in [0, 0.1) is 0 Å². The predicted octanol–water partition coefficient (Wildman–Crippen LogP) is 7.79. The minimum atomic E-state index is -0.553. The first kappa shape index (κ1) is 23.0. The van der Waals surface area contributed by atoms with E-state index in [4.69, 9.17) is 4.74 Å². The fourth-order valence-corrected chi connectivity index (χ4v) is 6.29. The summed E-state index contributed by atoms with van der Waals surface area (Å²) in [6.07, 6.45) is 0. The molecule has 0 aromatic heterocycles. The van der Waals surface area contributed by atoms with E-state index in [1.54, 1.807) is 7.11 Å². The highest BCUT2D eigenvalue weighted by atomic mass is 16.5. The zero-order valence-corrected chi connectivity index (χ0v) is 20.8. The summed E-state index contributed by atoms with van der Waals surface area (Å²) in [6.45, 7) is 0. The molecule has 5 aromatic carbocycles. The second-order valence-electron chi connectivity index (χ2n) is 9.59. The molecule has 5 aromatic rings. The Morgan fingerprint density at radius 3 is 1.70 bits per heavy atom. The summed E-state index contributed by atoms with van der Waals surface area (Å²) < 4.78 is 5.49. The van der Waals surface area contributed by atoms with Gasteiger partial charge in [0.15, 0.2) is 5.78 Å². The quantitative estimate of drug-likeness (QED) is 0.232. The molecule has 0 bridgehead atoms. The molecule has 0 N–H and O–H groups in total. The van der Waals surface area contributed by atoms with E-state index >= 15 is 0 Å². The molecule has 2 nitrogen and oxygen atoms in total. The SMILES string of the molecule is COc1ccc([C@@H]2[C@@H](C(=O)c3ccccc3)c3ccccc3C2(c2ccccc2)c2ccccc2)cc1. The number of carbonyl (C=O) groups excluding carboxylic acids is 1. The van der Waals surface area contributed by atoms with Gasteiger partial charge in [0.25, 0.3) is 0 Å². The lowest BCUT2D eigenvalue weighted by atomic mass is 9.61. The van der Waals surface area contributed by atoms with Crippen LogP contribution in [0.25, 0.3) is 0 Å². The van der Waals surface area contributed by atoms with Crippen LogP contribution in [-0.4, -0.2) is 12.9 Å². The number of ether oxygens (including phenoxy) is 1. The van der Waals surface area contributed by atoms with Crippen molar-refractivity contribution < 1.29 is 9.53 Å². The third-order valence-corrected chi connectivity index (χ3v) is 7.79. The largest absolute Gasteiger partial charge is 0.497 e. The maximum Gasteiger partial charge on any atom is 0.170 e. The van der Waals surface area contributed by atoms with Gasteiger partial charge in [-0.1, -0.05) is 127 Å². The summed E-state index contributed by atoms with van der Waals surface area (Å²) in [4.78, 5) is 14.4. The van der Waals surface area contributed by atoms with Crippen molar-refractivity contribution in [3.8, 4) is 5.75 Å². The first-order chi connectivity index (χ1) is 18.2. The number of benzene rings is 5. The Morgan fingerprint density at radius 2 is 1.14 bits per heavy atom. The lowest BCUT2D eigenvalue weighted by Crippen LogP contribution is -2.35. The van der Waals surface area contributed by atoms with Gasteiger partial charge in [0.05, 0.1) is 18.4 Å². The second-order valence-corrected chi connectivity index (χ2v) is 9.59. The molecule has 0 saturated carbocycles.